The van der Waals surface area contributed by atoms with Gasteiger partial charge in [-0.15, -0.1) is 5.10 Å². The van der Waals surface area contributed by atoms with E-state index < -0.39 is 0 Å². The average Bonchev–Trinajstić information content (AvgIpc) is 2.97. The Hall–Kier alpha value is -1.80. The molecule has 2 heterocycles. The summed E-state index contributed by atoms with van der Waals surface area (Å²) < 4.78 is 7.02. The molecule has 1 atom stereocenters. The van der Waals surface area contributed by atoms with Crippen LogP contribution in [0.15, 0.2) is 28.7 Å². The zero-order chi connectivity index (χ0) is 16.2. The Morgan fingerprint density at radius 3 is 2.57 bits per heavy atom. The Morgan fingerprint density at radius 1 is 1.26 bits per heavy atom. The molecule has 2 aromatic rings. The monoisotopic (exact) mass is 380 g/mol. The van der Waals surface area contributed by atoms with Crippen LogP contribution in [-0.4, -0.2) is 58.9 Å². The summed E-state index contributed by atoms with van der Waals surface area (Å²) in [6.45, 7) is 6.75. The van der Waals surface area contributed by atoms with Gasteiger partial charge in [-0.05, 0) is 31.2 Å². The highest BCUT2D eigenvalue weighted by molar-refractivity contribution is 9.10. The van der Waals surface area contributed by atoms with Crippen LogP contribution in [0.4, 0.5) is 11.9 Å². The van der Waals surface area contributed by atoms with Gasteiger partial charge in [0.15, 0.2) is 0 Å². The Bertz CT molecular complexity index is 623. The first kappa shape index (κ1) is 16.1. The quantitative estimate of drug-likeness (QED) is 0.821. The molecule has 0 saturated carbocycles. The van der Waals surface area contributed by atoms with E-state index in [2.05, 4.69) is 47.8 Å². The van der Waals surface area contributed by atoms with Gasteiger partial charge in [0, 0.05) is 37.2 Å². The lowest BCUT2D eigenvalue weighted by Crippen LogP contribution is -2.49. The smallest absolute Gasteiger partial charge is 0.241 e. The van der Waals surface area contributed by atoms with Crippen molar-refractivity contribution in [1.82, 2.24) is 20.1 Å². The molecule has 1 saturated heterocycles. The first-order chi connectivity index (χ1) is 11.1. The van der Waals surface area contributed by atoms with E-state index >= 15 is 0 Å². The number of nitrogens with two attached hydrogens (primary N) is 1. The van der Waals surface area contributed by atoms with Gasteiger partial charge in [-0.3, -0.25) is 4.90 Å². The number of aromatic nitrogens is 3. The zero-order valence-electron chi connectivity index (χ0n) is 13.1. The molecule has 1 aliphatic heterocycles. The lowest BCUT2D eigenvalue weighted by atomic mass is 10.2. The lowest BCUT2D eigenvalue weighted by molar-refractivity contribution is 0.140. The second kappa shape index (κ2) is 7.18. The molecule has 8 heteroatoms. The highest BCUT2D eigenvalue weighted by atomic mass is 79.9. The van der Waals surface area contributed by atoms with Gasteiger partial charge in [0.2, 0.25) is 11.9 Å². The Morgan fingerprint density at radius 2 is 1.96 bits per heavy atom. The van der Waals surface area contributed by atoms with Gasteiger partial charge in [0.25, 0.3) is 0 Å². The third kappa shape index (κ3) is 4.35. The zero-order valence-corrected chi connectivity index (χ0v) is 14.7. The number of ether oxygens (including phenoxy) is 1. The van der Waals surface area contributed by atoms with Crippen molar-refractivity contribution in [3.63, 3.8) is 0 Å². The maximum absolute atomic E-state index is 5.97. The fraction of sp³-hybridized carbons (Fsp3) is 0.467. The number of benzene rings is 1. The summed E-state index contributed by atoms with van der Waals surface area (Å²) in [6, 6.07) is 7.94. The molecule has 0 aliphatic carbocycles. The molecule has 23 heavy (non-hydrogen) atoms. The molecule has 7 nitrogen and oxygen atoms in total. The van der Waals surface area contributed by atoms with Crippen molar-refractivity contribution in [3.05, 3.63) is 28.7 Å². The summed E-state index contributed by atoms with van der Waals surface area (Å²) in [5, 5.41) is 6.74. The highest BCUT2D eigenvalue weighted by Gasteiger charge is 2.21. The van der Waals surface area contributed by atoms with Crippen molar-refractivity contribution in [3.8, 4) is 5.75 Å². The van der Waals surface area contributed by atoms with E-state index in [0.717, 1.165) is 48.9 Å². The number of rotatable bonds is 5. The van der Waals surface area contributed by atoms with Gasteiger partial charge in [0.1, 0.15) is 11.9 Å². The number of H-pyrrole nitrogens is 1. The van der Waals surface area contributed by atoms with E-state index in [9.17, 15) is 0 Å². The minimum atomic E-state index is 0.142. The van der Waals surface area contributed by atoms with Crippen molar-refractivity contribution in [2.75, 3.05) is 43.4 Å². The molecule has 0 bridgehead atoms. The number of anilines is 2. The maximum Gasteiger partial charge on any atom is 0.241 e. The number of hydrogen-bond acceptors (Lipinski definition) is 6. The molecule has 0 spiro atoms. The van der Waals surface area contributed by atoms with E-state index in [1.807, 2.05) is 24.3 Å². The van der Waals surface area contributed by atoms with Crippen molar-refractivity contribution in [1.29, 1.82) is 0 Å². The molecular weight excluding hydrogens is 360 g/mol. The van der Waals surface area contributed by atoms with E-state index in [4.69, 9.17) is 10.5 Å². The number of nitrogen functional groups attached to an aromatic ring is 1. The predicted octanol–water partition coefficient (Wildman–Crippen LogP) is 1.74. The molecule has 3 N–H and O–H groups in total. The number of nitrogens with one attached hydrogen (secondary N) is 1. The Balaban J connectivity index is 1.45. The summed E-state index contributed by atoms with van der Waals surface area (Å²) in [5.74, 6) is 1.94. The first-order valence-electron chi connectivity index (χ1n) is 7.67. The predicted molar refractivity (Wildman–Crippen MR) is 93.7 cm³/mol. The number of halogens is 1. The first-order valence-corrected chi connectivity index (χ1v) is 8.47. The van der Waals surface area contributed by atoms with Crippen LogP contribution < -0.4 is 15.4 Å². The van der Waals surface area contributed by atoms with Gasteiger partial charge >= 0.3 is 0 Å². The van der Waals surface area contributed by atoms with E-state index in [0.29, 0.717) is 5.95 Å². The van der Waals surface area contributed by atoms with Crippen molar-refractivity contribution < 1.29 is 4.74 Å². The highest BCUT2D eigenvalue weighted by Crippen LogP contribution is 2.18. The normalized spacial score (nSPS) is 17.2. The largest absolute Gasteiger partial charge is 0.489 e. The minimum Gasteiger partial charge on any atom is -0.489 e. The fourth-order valence-electron chi connectivity index (χ4n) is 2.70. The van der Waals surface area contributed by atoms with Crippen molar-refractivity contribution in [2.24, 2.45) is 0 Å². The van der Waals surface area contributed by atoms with Gasteiger partial charge < -0.3 is 15.4 Å². The van der Waals surface area contributed by atoms with Gasteiger partial charge in [-0.25, -0.2) is 5.10 Å². The summed E-state index contributed by atoms with van der Waals surface area (Å²) >= 11 is 3.43. The summed E-state index contributed by atoms with van der Waals surface area (Å²) in [5.41, 5.74) is 5.55. The molecule has 0 amide bonds. The second-order valence-electron chi connectivity index (χ2n) is 5.69. The lowest BCUT2D eigenvalue weighted by Gasteiger charge is -2.35. The van der Waals surface area contributed by atoms with Crippen LogP contribution >= 0.6 is 15.9 Å². The molecule has 1 unspecified atom stereocenters. The van der Waals surface area contributed by atoms with Gasteiger partial charge in [-0.2, -0.15) is 4.98 Å². The summed E-state index contributed by atoms with van der Waals surface area (Å²) in [7, 11) is 0. The van der Waals surface area contributed by atoms with Crippen LogP contribution in [0.25, 0.3) is 0 Å². The second-order valence-corrected chi connectivity index (χ2v) is 6.60. The molecule has 3 rings (SSSR count). The SMILES string of the molecule is CC(CN1CCN(c2nc(N)n[nH]2)CC1)Oc1ccc(Br)cc1. The molecule has 124 valence electrons. The minimum absolute atomic E-state index is 0.142. The van der Waals surface area contributed by atoms with E-state index in [1.165, 1.54) is 0 Å². The molecular formula is C15H21BrN6O. The Kier molecular flexibility index (Phi) is 5.02. The molecule has 1 aliphatic rings. The summed E-state index contributed by atoms with van der Waals surface area (Å²) in [4.78, 5) is 8.74. The average molecular weight is 381 g/mol. The number of nitrogens with zero attached hydrogens (tertiary/aromatic N) is 4. The van der Waals surface area contributed by atoms with Crippen LogP contribution in [0, 0.1) is 0 Å². The van der Waals surface area contributed by atoms with Crippen LogP contribution in [0.1, 0.15) is 6.92 Å². The molecule has 0 radical (unpaired) electrons. The van der Waals surface area contributed by atoms with E-state index in [1.54, 1.807) is 0 Å². The third-order valence-corrected chi connectivity index (χ3v) is 4.36. The van der Waals surface area contributed by atoms with Crippen LogP contribution in [0.2, 0.25) is 0 Å². The topological polar surface area (TPSA) is 83.3 Å². The standard InChI is InChI=1S/C15H21BrN6O/c1-11(23-13-4-2-12(16)3-5-13)10-21-6-8-22(9-7-21)15-18-14(17)19-20-15/h2-5,11H,6-10H2,1H3,(H3,17,18,19,20). The van der Waals surface area contributed by atoms with Crippen LogP contribution in [0.3, 0.4) is 0 Å². The van der Waals surface area contributed by atoms with Gasteiger partial charge in [0.05, 0.1) is 0 Å². The molecule has 1 aromatic heterocycles. The Labute approximate surface area is 143 Å². The van der Waals surface area contributed by atoms with E-state index in [-0.39, 0.29) is 6.10 Å². The van der Waals surface area contributed by atoms with Gasteiger partial charge in [-0.1, -0.05) is 15.9 Å². The van der Waals surface area contributed by atoms with Crippen LogP contribution in [0.5, 0.6) is 5.75 Å². The number of aromatic amines is 1. The van der Waals surface area contributed by atoms with Crippen LogP contribution in [-0.2, 0) is 0 Å². The van der Waals surface area contributed by atoms with Crippen molar-refractivity contribution >= 4 is 27.8 Å². The van der Waals surface area contributed by atoms with Crippen molar-refractivity contribution in [2.45, 2.75) is 13.0 Å². The summed E-state index contributed by atoms with van der Waals surface area (Å²) in [6.07, 6.45) is 0.142. The number of hydrogen-bond donors (Lipinski definition) is 2. The molecule has 1 aromatic carbocycles. The fourth-order valence-corrected chi connectivity index (χ4v) is 2.96. The number of piperazine rings is 1. The third-order valence-electron chi connectivity index (χ3n) is 3.83. The maximum atomic E-state index is 5.97. The molecule has 1 fully saturated rings.